The van der Waals surface area contributed by atoms with Crippen LogP contribution in [-0.4, -0.2) is 10.5 Å². The van der Waals surface area contributed by atoms with Crippen molar-refractivity contribution < 1.29 is 13.2 Å². The molecular weight excluding hydrogens is 238 g/mol. The zero-order valence-corrected chi connectivity index (χ0v) is 10.6. The van der Waals surface area contributed by atoms with E-state index in [-0.39, 0.29) is 5.56 Å². The van der Waals surface area contributed by atoms with Gasteiger partial charge in [-0.15, -0.1) is 0 Å². The van der Waals surface area contributed by atoms with Crippen molar-refractivity contribution in [2.45, 2.75) is 38.7 Å². The van der Waals surface area contributed by atoms with Crippen molar-refractivity contribution in [2.24, 2.45) is 5.73 Å². The van der Waals surface area contributed by atoms with E-state index >= 15 is 0 Å². The topological polar surface area (TPSA) is 52.0 Å². The molecule has 0 atom stereocenters. The molecule has 0 radical (unpaired) electrons. The van der Waals surface area contributed by atoms with Crippen molar-refractivity contribution in [1.29, 1.82) is 0 Å². The molecule has 2 rings (SSSR count). The van der Waals surface area contributed by atoms with E-state index in [0.717, 1.165) is 0 Å². The third-order valence-electron chi connectivity index (χ3n) is 2.59. The first-order valence-corrected chi connectivity index (χ1v) is 5.72. The van der Waals surface area contributed by atoms with Gasteiger partial charge in [0.25, 0.3) is 5.92 Å². The van der Waals surface area contributed by atoms with Gasteiger partial charge >= 0.3 is 0 Å². The van der Waals surface area contributed by atoms with Crippen LogP contribution >= 0.6 is 0 Å². The minimum absolute atomic E-state index is 0.0816. The molecule has 0 unspecified atom stereocenters. The van der Waals surface area contributed by atoms with Gasteiger partial charge in [-0.05, 0) is 32.0 Å². The van der Waals surface area contributed by atoms with Crippen LogP contribution in [0.1, 0.15) is 31.7 Å². The number of oxazole rings is 1. The number of fused-ring (bicyclic) bond motifs is 1. The summed E-state index contributed by atoms with van der Waals surface area (Å²) in [7, 11) is 0. The summed E-state index contributed by atoms with van der Waals surface area (Å²) >= 11 is 0. The second kappa shape index (κ2) is 4.02. The maximum atomic E-state index is 14.0. The molecule has 1 aromatic carbocycles. The van der Waals surface area contributed by atoms with Crippen LogP contribution < -0.4 is 5.73 Å². The molecule has 0 aliphatic heterocycles. The van der Waals surface area contributed by atoms with Crippen LogP contribution in [0, 0.1) is 6.92 Å². The molecule has 3 nitrogen and oxygen atoms in total. The Morgan fingerprint density at radius 3 is 2.61 bits per heavy atom. The van der Waals surface area contributed by atoms with Gasteiger partial charge in [0.05, 0.1) is 0 Å². The number of benzene rings is 1. The minimum Gasteiger partial charge on any atom is -0.441 e. The first-order chi connectivity index (χ1) is 8.17. The summed E-state index contributed by atoms with van der Waals surface area (Å²) in [6.07, 6.45) is -0.414. The highest BCUT2D eigenvalue weighted by molar-refractivity contribution is 5.73. The third kappa shape index (κ3) is 2.67. The Bertz CT molecular complexity index is 570. The van der Waals surface area contributed by atoms with Crippen LogP contribution in [-0.2, 0) is 5.92 Å². The first kappa shape index (κ1) is 13.0. The highest BCUT2D eigenvalue weighted by Gasteiger charge is 2.37. The van der Waals surface area contributed by atoms with Gasteiger partial charge in [0.1, 0.15) is 5.52 Å². The summed E-state index contributed by atoms with van der Waals surface area (Å²) < 4.78 is 33.4. The number of nitrogens with zero attached hydrogens (tertiary/aromatic N) is 1. The lowest BCUT2D eigenvalue weighted by atomic mass is 9.93. The van der Waals surface area contributed by atoms with Gasteiger partial charge < -0.3 is 10.2 Å². The Labute approximate surface area is 104 Å². The van der Waals surface area contributed by atoms with Crippen molar-refractivity contribution in [3.8, 4) is 0 Å². The molecule has 2 aromatic rings. The molecule has 0 fully saturated rings. The molecule has 0 saturated heterocycles. The Hall–Kier alpha value is -1.49. The quantitative estimate of drug-likeness (QED) is 0.913. The lowest BCUT2D eigenvalue weighted by Gasteiger charge is -2.25. The Balaban J connectivity index is 2.40. The van der Waals surface area contributed by atoms with Gasteiger partial charge in [-0.1, -0.05) is 0 Å². The SMILES string of the molecule is Cc1nc2cc(C(F)(F)CC(C)(C)N)ccc2o1. The van der Waals surface area contributed by atoms with Gasteiger partial charge in [0.15, 0.2) is 11.5 Å². The fourth-order valence-corrected chi connectivity index (χ4v) is 1.94. The summed E-state index contributed by atoms with van der Waals surface area (Å²) in [4.78, 5) is 4.05. The van der Waals surface area contributed by atoms with Crippen molar-refractivity contribution in [1.82, 2.24) is 4.98 Å². The van der Waals surface area contributed by atoms with E-state index in [9.17, 15) is 8.78 Å². The van der Waals surface area contributed by atoms with Crippen LogP contribution in [0.5, 0.6) is 0 Å². The highest BCUT2D eigenvalue weighted by atomic mass is 19.3. The summed E-state index contributed by atoms with van der Waals surface area (Å²) in [5.41, 5.74) is 5.60. The standard InChI is InChI=1S/C13H16F2N2O/c1-8-17-10-6-9(4-5-11(10)18-8)13(14,15)7-12(2,3)16/h4-6H,7,16H2,1-3H3. The number of aromatic nitrogens is 1. The number of hydrogen-bond donors (Lipinski definition) is 1. The average Bonchev–Trinajstić information content (AvgIpc) is 2.52. The van der Waals surface area contributed by atoms with Crippen molar-refractivity contribution in [3.63, 3.8) is 0 Å². The predicted octanol–water partition coefficient (Wildman–Crippen LogP) is 3.36. The molecule has 1 aromatic heterocycles. The Kier molecular flexibility index (Phi) is 2.89. The lowest BCUT2D eigenvalue weighted by molar-refractivity contribution is -0.0294. The summed E-state index contributed by atoms with van der Waals surface area (Å²) in [5, 5.41) is 0. The predicted molar refractivity (Wildman–Crippen MR) is 65.5 cm³/mol. The lowest BCUT2D eigenvalue weighted by Crippen LogP contribution is -2.38. The van der Waals surface area contributed by atoms with E-state index in [0.29, 0.717) is 17.0 Å². The number of hydrogen-bond acceptors (Lipinski definition) is 3. The molecule has 0 saturated carbocycles. The molecule has 0 aliphatic rings. The molecule has 0 amide bonds. The van der Waals surface area contributed by atoms with E-state index in [1.165, 1.54) is 18.2 Å². The molecular formula is C13H16F2N2O. The monoisotopic (exact) mass is 254 g/mol. The largest absolute Gasteiger partial charge is 0.441 e. The number of aryl methyl sites for hydroxylation is 1. The number of alkyl halides is 2. The molecule has 18 heavy (non-hydrogen) atoms. The van der Waals surface area contributed by atoms with Gasteiger partial charge in [-0.3, -0.25) is 0 Å². The van der Waals surface area contributed by atoms with E-state index in [4.69, 9.17) is 10.2 Å². The van der Waals surface area contributed by atoms with Crippen LogP contribution in [0.2, 0.25) is 0 Å². The van der Waals surface area contributed by atoms with E-state index in [1.807, 2.05) is 0 Å². The van der Waals surface area contributed by atoms with Crippen molar-refractivity contribution in [3.05, 3.63) is 29.7 Å². The van der Waals surface area contributed by atoms with Crippen LogP contribution in [0.15, 0.2) is 22.6 Å². The molecule has 1 heterocycles. The fourth-order valence-electron chi connectivity index (χ4n) is 1.94. The fraction of sp³-hybridized carbons (Fsp3) is 0.462. The van der Waals surface area contributed by atoms with Crippen LogP contribution in [0.25, 0.3) is 11.1 Å². The van der Waals surface area contributed by atoms with Crippen LogP contribution in [0.3, 0.4) is 0 Å². The maximum Gasteiger partial charge on any atom is 0.275 e. The number of halogens is 2. The minimum atomic E-state index is -2.97. The highest BCUT2D eigenvalue weighted by Crippen LogP contribution is 2.36. The molecule has 5 heteroatoms. The molecule has 98 valence electrons. The number of rotatable bonds is 3. The molecule has 0 spiro atoms. The first-order valence-electron chi connectivity index (χ1n) is 5.72. The summed E-state index contributed by atoms with van der Waals surface area (Å²) in [5.74, 6) is -2.51. The normalized spacial score (nSPS) is 13.2. The zero-order valence-electron chi connectivity index (χ0n) is 10.6. The second-order valence-electron chi connectivity index (χ2n) is 5.29. The second-order valence-corrected chi connectivity index (χ2v) is 5.29. The van der Waals surface area contributed by atoms with Gasteiger partial charge in [0, 0.05) is 24.4 Å². The van der Waals surface area contributed by atoms with E-state index in [2.05, 4.69) is 4.98 Å². The Morgan fingerprint density at radius 1 is 1.33 bits per heavy atom. The molecule has 0 bridgehead atoms. The maximum absolute atomic E-state index is 14.0. The van der Waals surface area contributed by atoms with Gasteiger partial charge in [-0.2, -0.15) is 0 Å². The van der Waals surface area contributed by atoms with E-state index < -0.39 is 17.9 Å². The van der Waals surface area contributed by atoms with Gasteiger partial charge in [0.2, 0.25) is 0 Å². The third-order valence-corrected chi connectivity index (χ3v) is 2.59. The van der Waals surface area contributed by atoms with E-state index in [1.54, 1.807) is 20.8 Å². The van der Waals surface area contributed by atoms with Crippen molar-refractivity contribution >= 4 is 11.1 Å². The van der Waals surface area contributed by atoms with Crippen LogP contribution in [0.4, 0.5) is 8.78 Å². The average molecular weight is 254 g/mol. The molecule has 2 N–H and O–H groups in total. The van der Waals surface area contributed by atoms with Gasteiger partial charge in [-0.25, -0.2) is 13.8 Å². The van der Waals surface area contributed by atoms with Crippen molar-refractivity contribution in [2.75, 3.05) is 0 Å². The Morgan fingerprint density at radius 2 is 2.00 bits per heavy atom. The molecule has 0 aliphatic carbocycles. The summed E-state index contributed by atoms with van der Waals surface area (Å²) in [6.45, 7) is 4.85. The number of nitrogens with two attached hydrogens (primary N) is 1. The smallest absolute Gasteiger partial charge is 0.275 e. The zero-order chi connectivity index (χ0) is 13.6. The summed E-state index contributed by atoms with van der Waals surface area (Å²) in [6, 6.07) is 4.23.